The monoisotopic (exact) mass is 145 g/mol. The number of nitrogens with one attached hydrogen (secondary N) is 1. The Balaban J connectivity index is 3.76. The highest BCUT2D eigenvalue weighted by Gasteiger charge is 2.17. The van der Waals surface area contributed by atoms with Crippen LogP contribution in [0.4, 0.5) is 4.79 Å². The molecule has 0 heterocycles. The Hall–Kier alpha value is -0.730. The third kappa shape index (κ3) is 3.33. The number of ether oxygens (including phenoxy) is 1. The molecule has 0 fully saturated rings. The number of rotatable bonds is 2. The molecule has 0 aliphatic heterocycles. The van der Waals surface area contributed by atoms with Crippen molar-refractivity contribution in [1.82, 2.24) is 5.32 Å². The Morgan fingerprint density at radius 2 is 2.10 bits per heavy atom. The van der Waals surface area contributed by atoms with Crippen LogP contribution in [0.1, 0.15) is 27.2 Å². The third-order valence-corrected chi connectivity index (χ3v) is 1.51. The maximum absolute atomic E-state index is 10.7. The highest BCUT2D eigenvalue weighted by molar-refractivity contribution is 5.67. The summed E-state index contributed by atoms with van der Waals surface area (Å²) in [6.07, 6.45) is 0.522. The van der Waals surface area contributed by atoms with Crippen molar-refractivity contribution in [1.29, 1.82) is 0 Å². The number of hydrogen-bond acceptors (Lipinski definition) is 2. The summed E-state index contributed by atoms with van der Waals surface area (Å²) in [7, 11) is 1.36. The van der Waals surface area contributed by atoms with Crippen molar-refractivity contribution < 1.29 is 9.53 Å². The van der Waals surface area contributed by atoms with Gasteiger partial charge in [0.2, 0.25) is 0 Å². The van der Waals surface area contributed by atoms with Gasteiger partial charge in [-0.05, 0) is 20.3 Å². The third-order valence-electron chi connectivity index (χ3n) is 1.51. The lowest BCUT2D eigenvalue weighted by Crippen LogP contribution is -2.42. The fourth-order valence-electron chi connectivity index (χ4n) is 0.416. The zero-order valence-corrected chi connectivity index (χ0v) is 7.02. The second-order valence-electron chi connectivity index (χ2n) is 2.85. The number of methoxy groups -OCH3 is 1. The van der Waals surface area contributed by atoms with Crippen molar-refractivity contribution >= 4 is 6.09 Å². The van der Waals surface area contributed by atoms with Crippen LogP contribution >= 0.6 is 0 Å². The van der Waals surface area contributed by atoms with Crippen LogP contribution in [0.5, 0.6) is 0 Å². The van der Waals surface area contributed by atoms with Crippen LogP contribution in [0.2, 0.25) is 0 Å². The van der Waals surface area contributed by atoms with Crippen LogP contribution in [0.3, 0.4) is 0 Å². The van der Waals surface area contributed by atoms with E-state index in [1.54, 1.807) is 0 Å². The van der Waals surface area contributed by atoms with E-state index >= 15 is 0 Å². The lowest BCUT2D eigenvalue weighted by atomic mass is 10.0. The maximum atomic E-state index is 10.7. The highest BCUT2D eigenvalue weighted by Crippen LogP contribution is 2.06. The van der Waals surface area contributed by atoms with E-state index in [9.17, 15) is 4.79 Å². The molecule has 0 saturated heterocycles. The van der Waals surface area contributed by atoms with Gasteiger partial charge in [-0.2, -0.15) is 0 Å². The molecule has 1 amide bonds. The molecule has 0 bridgehead atoms. The van der Waals surface area contributed by atoms with Gasteiger partial charge in [0.25, 0.3) is 0 Å². The molecule has 0 atom stereocenters. The molecule has 0 aromatic carbocycles. The molecular formula is C7H15NO2. The van der Waals surface area contributed by atoms with E-state index in [2.05, 4.69) is 10.1 Å². The van der Waals surface area contributed by atoms with E-state index in [-0.39, 0.29) is 11.6 Å². The van der Waals surface area contributed by atoms with E-state index in [1.165, 1.54) is 7.11 Å². The molecule has 0 aliphatic rings. The molecule has 1 N–H and O–H groups in total. The van der Waals surface area contributed by atoms with Gasteiger partial charge in [0.1, 0.15) is 0 Å². The fraction of sp³-hybridized carbons (Fsp3) is 0.857. The van der Waals surface area contributed by atoms with Crippen molar-refractivity contribution in [2.24, 2.45) is 0 Å². The molecule has 3 heteroatoms. The minimum atomic E-state index is -0.369. The van der Waals surface area contributed by atoms with E-state index < -0.39 is 0 Å². The van der Waals surface area contributed by atoms with Crippen LogP contribution in [0.15, 0.2) is 0 Å². The van der Waals surface area contributed by atoms with Crippen LogP contribution < -0.4 is 5.32 Å². The fourth-order valence-corrected chi connectivity index (χ4v) is 0.416. The predicted octanol–water partition coefficient (Wildman–Crippen LogP) is 1.53. The van der Waals surface area contributed by atoms with Crippen molar-refractivity contribution in [3.05, 3.63) is 0 Å². The molecule has 0 saturated carbocycles. The molecule has 0 aromatic rings. The Morgan fingerprint density at radius 1 is 1.60 bits per heavy atom. The van der Waals surface area contributed by atoms with Crippen molar-refractivity contribution in [3.63, 3.8) is 0 Å². The summed E-state index contributed by atoms with van der Waals surface area (Å²) < 4.78 is 4.44. The highest BCUT2D eigenvalue weighted by atomic mass is 16.5. The second kappa shape index (κ2) is 3.44. The number of hydrogen-bond donors (Lipinski definition) is 1. The SMILES string of the molecule is CCC(C)(C)NC(=O)OC. The lowest BCUT2D eigenvalue weighted by molar-refractivity contribution is 0.159. The first-order chi connectivity index (χ1) is 4.52. The molecule has 0 rings (SSSR count). The van der Waals surface area contributed by atoms with Gasteiger partial charge in [-0.15, -0.1) is 0 Å². The molecule has 0 spiro atoms. The average molecular weight is 145 g/mol. The average Bonchev–Trinajstić information content (AvgIpc) is 1.87. The molecule has 0 radical (unpaired) electrons. The Labute approximate surface area is 61.8 Å². The van der Waals surface area contributed by atoms with Gasteiger partial charge in [0.05, 0.1) is 7.11 Å². The van der Waals surface area contributed by atoms with Crippen molar-refractivity contribution in [2.45, 2.75) is 32.7 Å². The first-order valence-electron chi connectivity index (χ1n) is 3.38. The molecule has 3 nitrogen and oxygen atoms in total. The van der Waals surface area contributed by atoms with E-state index in [0.29, 0.717) is 0 Å². The standard InChI is InChI=1S/C7H15NO2/c1-5-7(2,3)8-6(9)10-4/h5H2,1-4H3,(H,8,9). The van der Waals surface area contributed by atoms with Crippen molar-refractivity contribution in [3.8, 4) is 0 Å². The summed E-state index contributed by atoms with van der Waals surface area (Å²) in [6, 6.07) is 0. The van der Waals surface area contributed by atoms with Crippen LogP contribution in [-0.4, -0.2) is 18.7 Å². The minimum absolute atomic E-state index is 0.160. The van der Waals surface area contributed by atoms with E-state index in [0.717, 1.165) is 6.42 Å². The first kappa shape index (κ1) is 9.27. The Morgan fingerprint density at radius 3 is 2.40 bits per heavy atom. The van der Waals surface area contributed by atoms with Gasteiger partial charge in [-0.3, -0.25) is 0 Å². The van der Waals surface area contributed by atoms with Gasteiger partial charge in [0, 0.05) is 5.54 Å². The summed E-state index contributed by atoms with van der Waals surface area (Å²) in [4.78, 5) is 10.7. The molecule has 0 unspecified atom stereocenters. The van der Waals surface area contributed by atoms with Gasteiger partial charge >= 0.3 is 6.09 Å². The summed E-state index contributed by atoms with van der Waals surface area (Å²) in [5.41, 5.74) is -0.160. The summed E-state index contributed by atoms with van der Waals surface area (Å²) in [5, 5.41) is 2.69. The van der Waals surface area contributed by atoms with Crippen LogP contribution in [-0.2, 0) is 4.74 Å². The Bertz CT molecular complexity index is 121. The van der Waals surface area contributed by atoms with Gasteiger partial charge in [0.15, 0.2) is 0 Å². The number of alkyl carbamates (subject to hydrolysis) is 1. The summed E-state index contributed by atoms with van der Waals surface area (Å²) in [6.45, 7) is 5.91. The van der Waals surface area contributed by atoms with Crippen molar-refractivity contribution in [2.75, 3.05) is 7.11 Å². The lowest BCUT2D eigenvalue weighted by Gasteiger charge is -2.22. The number of amides is 1. The second-order valence-corrected chi connectivity index (χ2v) is 2.85. The predicted molar refractivity (Wildman–Crippen MR) is 39.9 cm³/mol. The summed E-state index contributed by atoms with van der Waals surface area (Å²) >= 11 is 0. The molecule has 10 heavy (non-hydrogen) atoms. The van der Waals surface area contributed by atoms with Crippen LogP contribution in [0.25, 0.3) is 0 Å². The molecule has 60 valence electrons. The normalized spacial score (nSPS) is 10.8. The topological polar surface area (TPSA) is 38.3 Å². The van der Waals surface area contributed by atoms with Gasteiger partial charge < -0.3 is 10.1 Å². The number of carbonyl (C=O) groups is 1. The largest absolute Gasteiger partial charge is 0.453 e. The molecule has 0 aliphatic carbocycles. The smallest absolute Gasteiger partial charge is 0.407 e. The summed E-state index contributed by atoms with van der Waals surface area (Å²) in [5.74, 6) is 0. The molecule has 0 aromatic heterocycles. The zero-order valence-electron chi connectivity index (χ0n) is 7.02. The quantitative estimate of drug-likeness (QED) is 0.640. The van der Waals surface area contributed by atoms with Gasteiger partial charge in [-0.25, -0.2) is 4.79 Å². The zero-order chi connectivity index (χ0) is 8.20. The van der Waals surface area contributed by atoms with E-state index in [4.69, 9.17) is 0 Å². The van der Waals surface area contributed by atoms with Gasteiger partial charge in [-0.1, -0.05) is 6.92 Å². The first-order valence-corrected chi connectivity index (χ1v) is 3.38. The molecular weight excluding hydrogens is 130 g/mol. The maximum Gasteiger partial charge on any atom is 0.407 e. The Kier molecular flexibility index (Phi) is 3.19. The minimum Gasteiger partial charge on any atom is -0.453 e. The van der Waals surface area contributed by atoms with E-state index in [1.807, 2.05) is 20.8 Å². The van der Waals surface area contributed by atoms with Crippen LogP contribution in [0, 0.1) is 0 Å². The number of carbonyl (C=O) groups excluding carboxylic acids is 1.